The molecular formula is C39H40F3N3O4S. The van der Waals surface area contributed by atoms with E-state index in [9.17, 15) is 27.6 Å². The summed E-state index contributed by atoms with van der Waals surface area (Å²) in [5.41, 5.74) is 3.38. The van der Waals surface area contributed by atoms with E-state index in [1.54, 1.807) is 36.1 Å². The van der Waals surface area contributed by atoms with Gasteiger partial charge in [0.15, 0.2) is 0 Å². The number of carbonyl (C=O) groups excluding carboxylic acids is 3. The standard InChI is InChI=1S/C39H40F3N3O4S/c1-2-49-35(46)23-26-12-10-25(11-13-26)22-29-6-5-9-33(29)43-36(47)34-24-50-37(44-34)28-18-20-45(21-19-28)38(48)32-8-4-3-7-31(32)27-14-16-30(17-15-27)39(40,41)42/h3-4,7-8,10-17,24,28-29,33H,2,5-6,9,18-23H2,1H3,(H,43,47). The molecular weight excluding hydrogens is 664 g/mol. The normalized spacial score (nSPS) is 18.2. The van der Waals surface area contributed by atoms with Crippen molar-refractivity contribution in [1.29, 1.82) is 0 Å². The lowest BCUT2D eigenvalue weighted by atomic mass is 9.93. The lowest BCUT2D eigenvalue weighted by Crippen LogP contribution is -2.38. The quantitative estimate of drug-likeness (QED) is 0.169. The second kappa shape index (κ2) is 15.6. The van der Waals surface area contributed by atoms with E-state index in [1.807, 2.05) is 17.5 Å². The predicted molar refractivity (Wildman–Crippen MR) is 186 cm³/mol. The molecule has 50 heavy (non-hydrogen) atoms. The number of halogens is 3. The molecule has 3 aromatic carbocycles. The van der Waals surface area contributed by atoms with Gasteiger partial charge in [-0.2, -0.15) is 13.2 Å². The van der Waals surface area contributed by atoms with Crippen molar-refractivity contribution in [2.75, 3.05) is 19.7 Å². The van der Waals surface area contributed by atoms with Crippen LogP contribution in [0.2, 0.25) is 0 Å². The van der Waals surface area contributed by atoms with Gasteiger partial charge in [-0.05, 0) is 85.4 Å². The fourth-order valence-corrected chi connectivity index (χ4v) is 8.00. The van der Waals surface area contributed by atoms with E-state index < -0.39 is 11.7 Å². The highest BCUT2D eigenvalue weighted by atomic mass is 32.1. The topological polar surface area (TPSA) is 88.6 Å². The van der Waals surface area contributed by atoms with E-state index in [2.05, 4.69) is 17.4 Å². The molecule has 1 aromatic heterocycles. The van der Waals surface area contributed by atoms with Crippen LogP contribution in [0.3, 0.4) is 0 Å². The highest BCUT2D eigenvalue weighted by Crippen LogP contribution is 2.35. The number of alkyl halides is 3. The Balaban J connectivity index is 1.02. The molecule has 2 amide bonds. The number of hydrogen-bond acceptors (Lipinski definition) is 6. The first-order chi connectivity index (χ1) is 24.1. The number of rotatable bonds is 10. The Morgan fingerprint density at radius 1 is 0.920 bits per heavy atom. The summed E-state index contributed by atoms with van der Waals surface area (Å²) in [5.74, 6) is -0.108. The summed E-state index contributed by atoms with van der Waals surface area (Å²) in [6.07, 6.45) is 1.07. The van der Waals surface area contributed by atoms with Gasteiger partial charge in [0.1, 0.15) is 5.69 Å². The van der Waals surface area contributed by atoms with Gasteiger partial charge in [0.2, 0.25) is 0 Å². The molecule has 0 spiro atoms. The van der Waals surface area contributed by atoms with E-state index in [4.69, 9.17) is 9.72 Å². The van der Waals surface area contributed by atoms with Crippen LogP contribution in [-0.4, -0.2) is 53.4 Å². The van der Waals surface area contributed by atoms with Crippen LogP contribution >= 0.6 is 11.3 Å². The molecule has 0 bridgehead atoms. The molecule has 7 nitrogen and oxygen atoms in total. The summed E-state index contributed by atoms with van der Waals surface area (Å²) >= 11 is 1.47. The first-order valence-electron chi connectivity index (χ1n) is 17.1. The molecule has 2 heterocycles. The average molecular weight is 704 g/mol. The summed E-state index contributed by atoms with van der Waals surface area (Å²) in [6.45, 7) is 3.19. The molecule has 1 saturated carbocycles. The summed E-state index contributed by atoms with van der Waals surface area (Å²) in [4.78, 5) is 45.2. The van der Waals surface area contributed by atoms with E-state index in [1.165, 1.54) is 29.0 Å². The van der Waals surface area contributed by atoms with E-state index >= 15 is 0 Å². The van der Waals surface area contributed by atoms with E-state index in [0.717, 1.165) is 48.4 Å². The number of piperidine rings is 1. The van der Waals surface area contributed by atoms with Crippen LogP contribution in [0.15, 0.2) is 78.2 Å². The largest absolute Gasteiger partial charge is 0.466 e. The Kier molecular flexibility index (Phi) is 11.0. The Bertz CT molecular complexity index is 1800. The van der Waals surface area contributed by atoms with E-state index in [-0.39, 0.29) is 36.2 Å². The highest BCUT2D eigenvalue weighted by molar-refractivity contribution is 7.09. The molecule has 11 heteroatoms. The molecule has 1 aliphatic carbocycles. The number of aromatic nitrogens is 1. The van der Waals surface area contributed by atoms with Crippen LogP contribution in [0.4, 0.5) is 13.2 Å². The number of hydrogen-bond donors (Lipinski definition) is 1. The van der Waals surface area contributed by atoms with Gasteiger partial charge < -0.3 is 15.0 Å². The third-order valence-corrected chi connectivity index (χ3v) is 10.7. The van der Waals surface area contributed by atoms with Crippen LogP contribution in [0, 0.1) is 5.92 Å². The molecule has 1 N–H and O–H groups in total. The average Bonchev–Trinajstić information content (AvgIpc) is 3.79. The number of nitrogens with zero attached hydrogens (tertiary/aromatic N) is 2. The van der Waals surface area contributed by atoms with Crippen LogP contribution in [-0.2, 0) is 28.5 Å². The van der Waals surface area contributed by atoms with Gasteiger partial charge in [-0.3, -0.25) is 14.4 Å². The van der Waals surface area contributed by atoms with Gasteiger partial charge in [-0.1, -0.05) is 61.0 Å². The number of likely N-dealkylation sites (tertiary alicyclic amines) is 1. The Hall–Kier alpha value is -4.51. The summed E-state index contributed by atoms with van der Waals surface area (Å²) in [5, 5.41) is 5.94. The maximum Gasteiger partial charge on any atom is 0.416 e. The lowest BCUT2D eigenvalue weighted by Gasteiger charge is -2.31. The molecule has 1 aliphatic heterocycles. The molecule has 2 unspecified atom stereocenters. The van der Waals surface area contributed by atoms with Crippen molar-refractivity contribution >= 4 is 29.1 Å². The number of benzene rings is 3. The van der Waals surface area contributed by atoms with Gasteiger partial charge in [-0.25, -0.2) is 4.98 Å². The molecule has 2 atom stereocenters. The number of esters is 1. The minimum atomic E-state index is -4.43. The maximum absolute atomic E-state index is 13.6. The molecule has 6 rings (SSSR count). The van der Waals surface area contributed by atoms with Crippen molar-refractivity contribution < 1.29 is 32.3 Å². The van der Waals surface area contributed by atoms with Crippen LogP contribution < -0.4 is 5.32 Å². The van der Waals surface area contributed by atoms with Crippen molar-refractivity contribution in [3.8, 4) is 11.1 Å². The van der Waals surface area contributed by atoms with Crippen LogP contribution in [0.5, 0.6) is 0 Å². The lowest BCUT2D eigenvalue weighted by molar-refractivity contribution is -0.142. The SMILES string of the molecule is CCOC(=O)Cc1ccc(CC2CCCC2NC(=O)c2csc(C3CCN(C(=O)c4ccccc4-c4ccc(C(F)(F)F)cc4)CC3)n2)cc1. The minimum absolute atomic E-state index is 0.0616. The molecule has 1 saturated heterocycles. The fraction of sp³-hybridized carbons (Fsp3) is 0.385. The van der Waals surface area contributed by atoms with Crippen LogP contribution in [0.25, 0.3) is 11.1 Å². The molecule has 4 aromatic rings. The Labute approximate surface area is 293 Å². The number of amides is 2. The highest BCUT2D eigenvalue weighted by Gasteiger charge is 2.32. The zero-order valence-electron chi connectivity index (χ0n) is 27.9. The predicted octanol–water partition coefficient (Wildman–Crippen LogP) is 8.10. The van der Waals surface area contributed by atoms with Gasteiger partial charge in [0.25, 0.3) is 11.8 Å². The van der Waals surface area contributed by atoms with E-state index in [0.29, 0.717) is 60.8 Å². The van der Waals surface area contributed by atoms with Gasteiger partial charge in [0.05, 0.1) is 23.6 Å². The molecule has 2 aliphatic rings. The third kappa shape index (κ3) is 8.43. The Morgan fingerprint density at radius 3 is 2.32 bits per heavy atom. The monoisotopic (exact) mass is 703 g/mol. The maximum atomic E-state index is 13.6. The van der Waals surface area contributed by atoms with Crippen molar-refractivity contribution in [2.45, 2.75) is 70.0 Å². The van der Waals surface area contributed by atoms with Crippen molar-refractivity contribution in [1.82, 2.24) is 15.2 Å². The zero-order valence-corrected chi connectivity index (χ0v) is 28.7. The number of thiazole rings is 1. The molecule has 2 fully saturated rings. The zero-order chi connectivity index (χ0) is 35.3. The van der Waals surface area contributed by atoms with Gasteiger partial charge in [-0.15, -0.1) is 11.3 Å². The summed E-state index contributed by atoms with van der Waals surface area (Å²) in [7, 11) is 0. The second-order valence-corrected chi connectivity index (χ2v) is 13.9. The smallest absolute Gasteiger partial charge is 0.416 e. The first-order valence-corrected chi connectivity index (χ1v) is 18.0. The summed E-state index contributed by atoms with van der Waals surface area (Å²) < 4.78 is 44.3. The summed E-state index contributed by atoms with van der Waals surface area (Å²) in [6, 6.07) is 20.0. The third-order valence-electron chi connectivity index (χ3n) is 9.72. The van der Waals surface area contributed by atoms with Crippen molar-refractivity contribution in [3.05, 3.63) is 111 Å². The second-order valence-electron chi connectivity index (χ2n) is 13.0. The Morgan fingerprint density at radius 2 is 1.62 bits per heavy atom. The number of ether oxygens (including phenoxy) is 1. The van der Waals surface area contributed by atoms with Crippen molar-refractivity contribution in [2.24, 2.45) is 5.92 Å². The minimum Gasteiger partial charge on any atom is -0.466 e. The molecule has 262 valence electrons. The number of carbonyl (C=O) groups is 3. The van der Waals surface area contributed by atoms with Crippen molar-refractivity contribution in [3.63, 3.8) is 0 Å². The molecule has 0 radical (unpaired) electrons. The number of nitrogens with one attached hydrogen (secondary N) is 1. The van der Waals surface area contributed by atoms with Crippen LogP contribution in [0.1, 0.15) is 87.5 Å². The first kappa shape index (κ1) is 35.3. The fourth-order valence-electron chi connectivity index (χ4n) is 7.03. The van der Waals surface area contributed by atoms with Gasteiger partial charge >= 0.3 is 12.1 Å². The van der Waals surface area contributed by atoms with Gasteiger partial charge in [0, 0.05) is 36.0 Å².